The summed E-state index contributed by atoms with van der Waals surface area (Å²) >= 11 is 0. The second kappa shape index (κ2) is 4.94. The van der Waals surface area contributed by atoms with Crippen molar-refractivity contribution in [3.8, 4) is 0 Å². The van der Waals surface area contributed by atoms with Crippen LogP contribution in [0.3, 0.4) is 0 Å². The van der Waals surface area contributed by atoms with Crippen LogP contribution in [0.1, 0.15) is 36.5 Å². The summed E-state index contributed by atoms with van der Waals surface area (Å²) in [5.74, 6) is 0.00696. The molecule has 0 radical (unpaired) electrons. The molecule has 0 aromatic heterocycles. The van der Waals surface area contributed by atoms with Crippen molar-refractivity contribution in [1.29, 1.82) is 0 Å². The predicted octanol–water partition coefficient (Wildman–Crippen LogP) is 1.60. The predicted molar refractivity (Wildman–Crippen MR) is 76.1 cm³/mol. The molecule has 1 aliphatic heterocycles. The Balaban J connectivity index is 2.71. The highest BCUT2D eigenvalue weighted by Crippen LogP contribution is 2.39. The van der Waals surface area contributed by atoms with Crippen molar-refractivity contribution in [2.75, 3.05) is 18.0 Å². The maximum atomic E-state index is 11.8. The van der Waals surface area contributed by atoms with Crippen molar-refractivity contribution >= 4 is 11.6 Å². The molecule has 19 heavy (non-hydrogen) atoms. The summed E-state index contributed by atoms with van der Waals surface area (Å²) in [7, 11) is 0. The molecule has 0 fully saturated rings. The third-order valence-corrected chi connectivity index (χ3v) is 3.91. The normalized spacial score (nSPS) is 22.9. The summed E-state index contributed by atoms with van der Waals surface area (Å²) in [4.78, 5) is 13.6. The van der Waals surface area contributed by atoms with Crippen LogP contribution in [0.15, 0.2) is 12.1 Å². The second-order valence-corrected chi connectivity index (χ2v) is 5.49. The van der Waals surface area contributed by atoms with Crippen LogP contribution in [0.5, 0.6) is 0 Å². The first-order valence-electron chi connectivity index (χ1n) is 6.71. The Morgan fingerprint density at radius 3 is 2.74 bits per heavy atom. The highest BCUT2D eigenvalue weighted by atomic mass is 16.3. The number of nitrogens with zero attached hydrogens (tertiary/aromatic N) is 1. The van der Waals surface area contributed by atoms with E-state index < -0.39 is 5.60 Å². The number of hydrogen-bond donors (Lipinski definition) is 2. The molecule has 1 unspecified atom stereocenters. The van der Waals surface area contributed by atoms with Gasteiger partial charge in [0.15, 0.2) is 0 Å². The summed E-state index contributed by atoms with van der Waals surface area (Å²) in [6.45, 7) is 6.34. The Morgan fingerprint density at radius 1 is 1.47 bits per heavy atom. The molecule has 1 heterocycles. The number of benzene rings is 1. The Morgan fingerprint density at radius 2 is 2.16 bits per heavy atom. The Bertz CT molecular complexity index is 513. The number of nitrogens with two attached hydrogens (primary N) is 1. The quantitative estimate of drug-likeness (QED) is 0.808. The molecule has 1 aliphatic rings. The first kappa shape index (κ1) is 14.0. The van der Waals surface area contributed by atoms with E-state index in [1.807, 2.05) is 26.0 Å². The molecule has 1 aromatic rings. The van der Waals surface area contributed by atoms with Crippen molar-refractivity contribution in [1.82, 2.24) is 0 Å². The van der Waals surface area contributed by atoms with Gasteiger partial charge in [0.25, 0.3) is 0 Å². The topological polar surface area (TPSA) is 66.6 Å². The lowest BCUT2D eigenvalue weighted by atomic mass is 9.85. The molecule has 0 spiro atoms. The lowest BCUT2D eigenvalue weighted by molar-refractivity contribution is -0.116. The highest BCUT2D eigenvalue weighted by Gasteiger charge is 2.36. The maximum Gasteiger partial charge on any atom is 0.223 e. The number of amides is 1. The first-order valence-corrected chi connectivity index (χ1v) is 6.71. The van der Waals surface area contributed by atoms with Crippen LogP contribution >= 0.6 is 0 Å². The number of carbonyl (C=O) groups excluding carboxylic acids is 1. The monoisotopic (exact) mass is 262 g/mol. The minimum Gasteiger partial charge on any atom is -0.384 e. The lowest BCUT2D eigenvalue weighted by Crippen LogP contribution is -2.36. The van der Waals surface area contributed by atoms with Crippen molar-refractivity contribution in [2.24, 2.45) is 5.73 Å². The van der Waals surface area contributed by atoms with Crippen LogP contribution in [-0.2, 0) is 10.4 Å². The Hall–Kier alpha value is -1.39. The first-order chi connectivity index (χ1) is 8.89. The zero-order valence-corrected chi connectivity index (χ0v) is 11.9. The van der Waals surface area contributed by atoms with Crippen molar-refractivity contribution < 1.29 is 9.90 Å². The Kier molecular flexibility index (Phi) is 3.65. The summed E-state index contributed by atoms with van der Waals surface area (Å²) < 4.78 is 0. The SMILES string of the molecule is CC(=O)N1CCCC(O)(CN)c2c(C)cc(C)cc21. The number of anilines is 1. The summed E-state index contributed by atoms with van der Waals surface area (Å²) in [5, 5.41) is 10.8. The molecule has 0 bridgehead atoms. The van der Waals surface area contributed by atoms with Crippen LogP contribution in [-0.4, -0.2) is 24.1 Å². The molecule has 104 valence electrons. The Labute approximate surface area is 114 Å². The van der Waals surface area contributed by atoms with Gasteiger partial charge in [-0.3, -0.25) is 4.79 Å². The zero-order chi connectivity index (χ0) is 14.2. The van der Waals surface area contributed by atoms with Gasteiger partial charge in [-0.15, -0.1) is 0 Å². The van der Waals surface area contributed by atoms with E-state index in [0.29, 0.717) is 13.0 Å². The minimum absolute atomic E-state index is 0.00696. The fraction of sp³-hybridized carbons (Fsp3) is 0.533. The smallest absolute Gasteiger partial charge is 0.223 e. The van der Waals surface area contributed by atoms with Gasteiger partial charge in [0.05, 0.1) is 5.69 Å². The molecule has 0 saturated carbocycles. The van der Waals surface area contributed by atoms with Crippen LogP contribution in [0, 0.1) is 13.8 Å². The van der Waals surface area contributed by atoms with E-state index >= 15 is 0 Å². The number of aliphatic hydroxyl groups is 1. The van der Waals surface area contributed by atoms with Crippen LogP contribution in [0.4, 0.5) is 5.69 Å². The van der Waals surface area contributed by atoms with Gasteiger partial charge < -0.3 is 15.7 Å². The summed E-state index contributed by atoms with van der Waals surface area (Å²) in [6, 6.07) is 4.00. The van der Waals surface area contributed by atoms with E-state index in [0.717, 1.165) is 28.8 Å². The molecular weight excluding hydrogens is 240 g/mol. The van der Waals surface area contributed by atoms with Crippen LogP contribution in [0.2, 0.25) is 0 Å². The maximum absolute atomic E-state index is 11.8. The van der Waals surface area contributed by atoms with E-state index in [1.54, 1.807) is 11.8 Å². The van der Waals surface area contributed by atoms with Crippen LogP contribution < -0.4 is 10.6 Å². The van der Waals surface area contributed by atoms with Gasteiger partial charge in [-0.05, 0) is 43.9 Å². The number of hydrogen-bond acceptors (Lipinski definition) is 3. The van der Waals surface area contributed by atoms with Gasteiger partial charge in [0.2, 0.25) is 5.91 Å². The standard InChI is InChI=1S/C15H22N2O2/c1-10-7-11(2)14-13(8-10)17(12(3)18)6-4-5-15(14,19)9-16/h7-8,19H,4-6,9,16H2,1-3H3. The molecule has 4 heteroatoms. The highest BCUT2D eigenvalue weighted by molar-refractivity contribution is 5.93. The largest absolute Gasteiger partial charge is 0.384 e. The minimum atomic E-state index is -1.03. The molecule has 1 aromatic carbocycles. The van der Waals surface area contributed by atoms with E-state index in [9.17, 15) is 9.90 Å². The lowest BCUT2D eigenvalue weighted by Gasteiger charge is -2.30. The molecular formula is C15H22N2O2. The van der Waals surface area contributed by atoms with Gasteiger partial charge in [0, 0.05) is 25.6 Å². The van der Waals surface area contributed by atoms with E-state index in [1.165, 1.54) is 0 Å². The summed E-state index contributed by atoms with van der Waals surface area (Å²) in [6.07, 6.45) is 1.34. The van der Waals surface area contributed by atoms with E-state index in [2.05, 4.69) is 0 Å². The molecule has 4 nitrogen and oxygen atoms in total. The molecule has 2 rings (SSSR count). The van der Waals surface area contributed by atoms with Crippen molar-refractivity contribution in [3.05, 3.63) is 28.8 Å². The van der Waals surface area contributed by atoms with Gasteiger partial charge in [-0.25, -0.2) is 0 Å². The summed E-state index contributed by atoms with van der Waals surface area (Å²) in [5.41, 5.74) is 8.48. The number of aryl methyl sites for hydroxylation is 2. The molecule has 0 saturated heterocycles. The van der Waals surface area contributed by atoms with Gasteiger partial charge in [-0.2, -0.15) is 0 Å². The average Bonchev–Trinajstić information content (AvgIpc) is 2.46. The number of carbonyl (C=O) groups is 1. The second-order valence-electron chi connectivity index (χ2n) is 5.49. The van der Waals surface area contributed by atoms with Gasteiger partial charge in [-0.1, -0.05) is 6.07 Å². The molecule has 0 aliphatic carbocycles. The van der Waals surface area contributed by atoms with Crippen LogP contribution in [0.25, 0.3) is 0 Å². The fourth-order valence-corrected chi connectivity index (χ4v) is 3.07. The third-order valence-electron chi connectivity index (χ3n) is 3.91. The van der Waals surface area contributed by atoms with E-state index in [4.69, 9.17) is 5.73 Å². The fourth-order valence-electron chi connectivity index (χ4n) is 3.07. The van der Waals surface area contributed by atoms with Gasteiger partial charge in [0.1, 0.15) is 5.60 Å². The average molecular weight is 262 g/mol. The van der Waals surface area contributed by atoms with Gasteiger partial charge >= 0.3 is 0 Å². The van der Waals surface area contributed by atoms with E-state index in [-0.39, 0.29) is 12.5 Å². The van der Waals surface area contributed by atoms with Crippen molar-refractivity contribution in [2.45, 2.75) is 39.2 Å². The number of rotatable bonds is 1. The third kappa shape index (κ3) is 2.38. The number of fused-ring (bicyclic) bond motifs is 1. The molecule has 3 N–H and O–H groups in total. The molecule has 1 atom stereocenters. The zero-order valence-electron chi connectivity index (χ0n) is 11.9. The van der Waals surface area contributed by atoms with Crippen molar-refractivity contribution in [3.63, 3.8) is 0 Å². The molecule has 1 amide bonds.